The summed E-state index contributed by atoms with van der Waals surface area (Å²) in [6.45, 7) is 8.17. The maximum absolute atomic E-state index is 5.99. The van der Waals surface area contributed by atoms with E-state index >= 15 is 0 Å². The zero-order valence-corrected chi connectivity index (χ0v) is 22.1. The van der Waals surface area contributed by atoms with E-state index in [1.165, 1.54) is 32.1 Å². The average molecular weight is 505 g/mol. The summed E-state index contributed by atoms with van der Waals surface area (Å²) in [7, 11) is 0. The molecule has 0 saturated carbocycles. The maximum Gasteiger partial charge on any atom is 0.232 e. The van der Waals surface area contributed by atoms with E-state index in [4.69, 9.17) is 26.6 Å². The van der Waals surface area contributed by atoms with Gasteiger partial charge in [0.15, 0.2) is 5.11 Å². The monoisotopic (exact) mass is 504 g/mol. The molecule has 0 radical (unpaired) electrons. The minimum absolute atomic E-state index is 0.470. The largest absolute Gasteiger partial charge is 0.459 e. The van der Waals surface area contributed by atoms with Gasteiger partial charge >= 0.3 is 0 Å². The van der Waals surface area contributed by atoms with Crippen LogP contribution in [-0.2, 0) is 6.54 Å². The van der Waals surface area contributed by atoms with Crippen molar-refractivity contribution in [2.24, 2.45) is 5.92 Å². The number of rotatable bonds is 6. The molecule has 2 aliphatic rings. The molecule has 2 atom stereocenters. The van der Waals surface area contributed by atoms with Crippen molar-refractivity contribution >= 4 is 34.9 Å². The molecule has 4 heterocycles. The van der Waals surface area contributed by atoms with Gasteiger partial charge in [-0.25, -0.2) is 0 Å². The molecule has 190 valence electrons. The topological polar surface area (TPSA) is 69.5 Å². The lowest BCUT2D eigenvalue weighted by Gasteiger charge is -2.36. The molecule has 5 rings (SSSR count). The third kappa shape index (κ3) is 5.98. The highest BCUT2D eigenvalue weighted by molar-refractivity contribution is 7.80. The van der Waals surface area contributed by atoms with E-state index in [0.717, 1.165) is 48.4 Å². The third-order valence-corrected chi connectivity index (χ3v) is 7.39. The average Bonchev–Trinajstić information content (AvgIpc) is 3.37. The first-order valence-corrected chi connectivity index (χ1v) is 13.6. The smallest absolute Gasteiger partial charge is 0.232 e. The van der Waals surface area contributed by atoms with Gasteiger partial charge in [-0.2, -0.15) is 9.97 Å². The number of anilines is 3. The van der Waals surface area contributed by atoms with Gasteiger partial charge < -0.3 is 24.9 Å². The molecular weight excluding hydrogens is 468 g/mol. The second kappa shape index (κ2) is 11.3. The predicted molar refractivity (Wildman–Crippen MR) is 151 cm³/mol. The molecule has 0 unspecified atom stereocenters. The number of hydrogen-bond acceptors (Lipinski definition) is 6. The van der Waals surface area contributed by atoms with Crippen LogP contribution in [0.25, 0.3) is 11.3 Å². The molecule has 0 spiro atoms. The lowest BCUT2D eigenvalue weighted by Crippen LogP contribution is -2.39. The standard InChI is InChI=1S/C28H36N6OS/c1-20-9-8-15-33(19-20)25-17-26(34-16-7-6-10-21(34)2)31-27(30-25)32-28(36)29-18-23-13-14-24(35-23)22-11-4-3-5-12-22/h3-5,11-14,17,20-21H,6-10,15-16,18-19H2,1-2H3,(H2,29,30,31,32,36)/t20-,21-/m1/s1. The van der Waals surface area contributed by atoms with Crippen LogP contribution in [0, 0.1) is 5.92 Å². The van der Waals surface area contributed by atoms with E-state index in [0.29, 0.717) is 29.6 Å². The summed E-state index contributed by atoms with van der Waals surface area (Å²) in [6.07, 6.45) is 6.13. The summed E-state index contributed by atoms with van der Waals surface area (Å²) in [5, 5.41) is 6.97. The Kier molecular flexibility index (Phi) is 7.70. The fourth-order valence-electron chi connectivity index (χ4n) is 5.17. The van der Waals surface area contributed by atoms with E-state index in [-0.39, 0.29) is 0 Å². The molecule has 36 heavy (non-hydrogen) atoms. The van der Waals surface area contributed by atoms with Gasteiger partial charge in [0.05, 0.1) is 6.54 Å². The fraction of sp³-hybridized carbons (Fsp3) is 0.464. The Labute approximate surface area is 219 Å². The summed E-state index contributed by atoms with van der Waals surface area (Å²) in [4.78, 5) is 14.6. The number of nitrogens with zero attached hydrogens (tertiary/aromatic N) is 4. The van der Waals surface area contributed by atoms with E-state index in [2.05, 4.69) is 40.3 Å². The number of piperidine rings is 2. The summed E-state index contributed by atoms with van der Waals surface area (Å²) in [5.74, 6) is 4.83. The van der Waals surface area contributed by atoms with Crippen molar-refractivity contribution in [2.75, 3.05) is 34.8 Å². The Morgan fingerprint density at radius 3 is 2.64 bits per heavy atom. The molecule has 3 aromatic rings. The summed E-state index contributed by atoms with van der Waals surface area (Å²) < 4.78 is 5.99. The van der Waals surface area contributed by atoms with Gasteiger partial charge in [0.2, 0.25) is 5.95 Å². The quantitative estimate of drug-likeness (QED) is 0.406. The van der Waals surface area contributed by atoms with E-state index < -0.39 is 0 Å². The van der Waals surface area contributed by atoms with Crippen LogP contribution in [0.15, 0.2) is 52.9 Å². The van der Waals surface area contributed by atoms with Gasteiger partial charge in [0.1, 0.15) is 23.2 Å². The van der Waals surface area contributed by atoms with Crippen LogP contribution < -0.4 is 20.4 Å². The summed E-state index contributed by atoms with van der Waals surface area (Å²) in [5.41, 5.74) is 1.06. The van der Waals surface area contributed by atoms with Gasteiger partial charge in [0, 0.05) is 37.3 Å². The zero-order chi connectivity index (χ0) is 24.9. The van der Waals surface area contributed by atoms with Crippen LogP contribution >= 0.6 is 12.2 Å². The lowest BCUT2D eigenvalue weighted by molar-refractivity contribution is 0.444. The van der Waals surface area contributed by atoms with Gasteiger partial charge in [-0.3, -0.25) is 0 Å². The van der Waals surface area contributed by atoms with Crippen LogP contribution in [0.4, 0.5) is 17.6 Å². The number of thiocarbonyl (C=S) groups is 1. The molecule has 2 N–H and O–H groups in total. The maximum atomic E-state index is 5.99. The number of aromatic nitrogens is 2. The summed E-state index contributed by atoms with van der Waals surface area (Å²) >= 11 is 5.61. The molecule has 0 amide bonds. The van der Waals surface area contributed by atoms with Crippen molar-refractivity contribution in [3.63, 3.8) is 0 Å². The minimum atomic E-state index is 0.470. The number of furan rings is 1. The highest BCUT2D eigenvalue weighted by Crippen LogP contribution is 2.29. The highest BCUT2D eigenvalue weighted by Gasteiger charge is 2.24. The fourth-order valence-corrected chi connectivity index (χ4v) is 5.33. The van der Waals surface area contributed by atoms with Crippen LogP contribution in [0.3, 0.4) is 0 Å². The van der Waals surface area contributed by atoms with Crippen molar-refractivity contribution in [2.45, 2.75) is 58.5 Å². The lowest BCUT2D eigenvalue weighted by atomic mass is 10.0. The van der Waals surface area contributed by atoms with Crippen molar-refractivity contribution in [1.29, 1.82) is 0 Å². The number of benzene rings is 1. The zero-order valence-electron chi connectivity index (χ0n) is 21.2. The third-order valence-electron chi connectivity index (χ3n) is 7.15. The first-order valence-electron chi connectivity index (χ1n) is 13.1. The molecule has 1 aromatic carbocycles. The van der Waals surface area contributed by atoms with E-state index in [1.54, 1.807) is 0 Å². The van der Waals surface area contributed by atoms with Crippen LogP contribution in [0.2, 0.25) is 0 Å². The highest BCUT2D eigenvalue weighted by atomic mass is 32.1. The number of nitrogens with one attached hydrogen (secondary N) is 2. The van der Waals surface area contributed by atoms with Crippen molar-refractivity contribution in [1.82, 2.24) is 15.3 Å². The van der Waals surface area contributed by atoms with Crippen LogP contribution in [-0.4, -0.2) is 40.8 Å². The molecule has 7 nitrogen and oxygen atoms in total. The van der Waals surface area contributed by atoms with Gasteiger partial charge in [-0.1, -0.05) is 37.3 Å². The van der Waals surface area contributed by atoms with Crippen molar-refractivity contribution < 1.29 is 4.42 Å². The van der Waals surface area contributed by atoms with Crippen molar-refractivity contribution in [3.8, 4) is 11.3 Å². The molecule has 0 aliphatic carbocycles. The number of hydrogen-bond donors (Lipinski definition) is 2. The molecule has 2 aromatic heterocycles. The van der Waals surface area contributed by atoms with E-state index in [1.807, 2.05) is 42.5 Å². The van der Waals surface area contributed by atoms with Gasteiger partial charge in [0.25, 0.3) is 0 Å². The Morgan fingerprint density at radius 2 is 1.83 bits per heavy atom. The normalized spacial score (nSPS) is 20.3. The molecule has 2 aliphatic heterocycles. The first kappa shape index (κ1) is 24.6. The Hall–Kier alpha value is -3.13. The van der Waals surface area contributed by atoms with Crippen molar-refractivity contribution in [3.05, 3.63) is 54.3 Å². The molecule has 0 bridgehead atoms. The Balaban J connectivity index is 1.29. The molecule has 2 saturated heterocycles. The second-order valence-corrected chi connectivity index (χ2v) is 10.5. The van der Waals surface area contributed by atoms with Gasteiger partial charge in [-0.15, -0.1) is 0 Å². The van der Waals surface area contributed by atoms with Crippen LogP contribution in [0.5, 0.6) is 0 Å². The van der Waals surface area contributed by atoms with E-state index in [9.17, 15) is 0 Å². The Morgan fingerprint density at radius 1 is 1.00 bits per heavy atom. The SMILES string of the molecule is C[C@@H]1CCCN(c2cc(N3CCCC[C@H]3C)nc(NC(=S)NCc3ccc(-c4ccccc4)o3)n2)C1. The Bertz CT molecular complexity index is 1170. The second-order valence-electron chi connectivity index (χ2n) is 10.1. The molecular formula is C28H36N6OS. The summed E-state index contributed by atoms with van der Waals surface area (Å²) in [6, 6.07) is 16.7. The molecule has 8 heteroatoms. The van der Waals surface area contributed by atoms with Crippen LogP contribution in [0.1, 0.15) is 51.7 Å². The first-order chi connectivity index (χ1) is 17.5. The predicted octanol–water partition coefficient (Wildman–Crippen LogP) is 5.84. The minimum Gasteiger partial charge on any atom is -0.459 e. The molecule has 2 fully saturated rings. The van der Waals surface area contributed by atoms with Gasteiger partial charge in [-0.05, 0) is 69.3 Å².